The van der Waals surface area contributed by atoms with Crippen LogP contribution in [0.15, 0.2) is 40.6 Å². The fraction of sp³-hybridized carbons (Fsp3) is 0.286. The highest BCUT2D eigenvalue weighted by atomic mass is 32.2. The third-order valence-electron chi connectivity index (χ3n) is 3.55. The van der Waals surface area contributed by atoms with E-state index in [9.17, 15) is 8.42 Å². The lowest BCUT2D eigenvalue weighted by molar-refractivity contribution is 0.598. The summed E-state index contributed by atoms with van der Waals surface area (Å²) in [6, 6.07) is 9.50. The molecule has 3 rings (SSSR count). The fourth-order valence-corrected chi connectivity index (χ4v) is 3.78. The molecule has 7 heteroatoms. The van der Waals surface area contributed by atoms with Crippen LogP contribution in [0.5, 0.6) is 0 Å². The van der Waals surface area contributed by atoms with Crippen LogP contribution in [-0.2, 0) is 16.6 Å². The highest BCUT2D eigenvalue weighted by Crippen LogP contribution is 2.38. The highest BCUT2D eigenvalue weighted by Gasteiger charge is 2.31. The predicted octanol–water partition coefficient (Wildman–Crippen LogP) is 2.15. The summed E-state index contributed by atoms with van der Waals surface area (Å²) in [6.45, 7) is 0.737. The van der Waals surface area contributed by atoms with Gasteiger partial charge in [0.1, 0.15) is 4.90 Å². The summed E-state index contributed by atoms with van der Waals surface area (Å²) < 4.78 is 23.2. The maximum atomic E-state index is 11.6. The molecule has 0 saturated heterocycles. The van der Waals surface area contributed by atoms with Crippen LogP contribution in [0.3, 0.4) is 0 Å². The zero-order chi connectivity index (χ0) is 15.0. The van der Waals surface area contributed by atoms with Crippen molar-refractivity contribution >= 4 is 32.7 Å². The monoisotopic (exact) mass is 323 g/mol. The first-order chi connectivity index (χ1) is 9.97. The minimum absolute atomic E-state index is 0.00294. The van der Waals surface area contributed by atoms with Gasteiger partial charge >= 0.3 is 0 Å². The lowest BCUT2D eigenvalue weighted by Crippen LogP contribution is -2.26. The standard InChI is InChI=1S/C14H17N3O2S2/c15-14-12(4-1-5-13(14)21(16,18)19)17(10-6-7-10)9-11-3-2-8-20-11/h1-5,8,10H,6-7,9,15H2,(H2,16,18,19). The Kier molecular flexibility index (Phi) is 3.64. The van der Waals surface area contributed by atoms with Gasteiger partial charge in [0.15, 0.2) is 0 Å². The van der Waals surface area contributed by atoms with Gasteiger partial charge in [0.05, 0.1) is 17.9 Å². The van der Waals surface area contributed by atoms with E-state index in [1.165, 1.54) is 10.9 Å². The molecular weight excluding hydrogens is 306 g/mol. The zero-order valence-corrected chi connectivity index (χ0v) is 13.0. The molecule has 0 radical (unpaired) electrons. The van der Waals surface area contributed by atoms with Crippen molar-refractivity contribution in [2.45, 2.75) is 30.3 Å². The van der Waals surface area contributed by atoms with Crippen molar-refractivity contribution in [3.8, 4) is 0 Å². The number of nitrogens with zero attached hydrogens (tertiary/aromatic N) is 1. The third-order valence-corrected chi connectivity index (χ3v) is 5.38. The molecule has 0 amide bonds. The Balaban J connectivity index is 2.00. The lowest BCUT2D eigenvalue weighted by Gasteiger charge is -2.26. The molecule has 1 heterocycles. The van der Waals surface area contributed by atoms with Gasteiger partial charge in [0.25, 0.3) is 0 Å². The van der Waals surface area contributed by atoms with Gasteiger partial charge in [-0.2, -0.15) is 0 Å². The second-order valence-corrected chi connectivity index (χ2v) is 7.73. The number of primary sulfonamides is 1. The Bertz CT molecular complexity index is 738. The molecule has 1 aliphatic carbocycles. The molecule has 5 nitrogen and oxygen atoms in total. The number of para-hydroxylation sites is 1. The molecule has 0 unspecified atom stereocenters. The molecule has 4 N–H and O–H groups in total. The molecule has 0 bridgehead atoms. The summed E-state index contributed by atoms with van der Waals surface area (Å²) in [4.78, 5) is 3.40. The Morgan fingerprint density at radius 3 is 2.57 bits per heavy atom. The molecule has 21 heavy (non-hydrogen) atoms. The van der Waals surface area contributed by atoms with E-state index in [2.05, 4.69) is 11.0 Å². The average molecular weight is 323 g/mol. The zero-order valence-electron chi connectivity index (χ0n) is 11.4. The smallest absolute Gasteiger partial charge is 0.240 e. The molecule has 0 atom stereocenters. The number of thiophene rings is 1. The van der Waals surface area contributed by atoms with E-state index in [0.29, 0.717) is 6.04 Å². The Hall–Kier alpha value is -1.57. The molecule has 1 saturated carbocycles. The van der Waals surface area contributed by atoms with E-state index in [0.717, 1.165) is 25.1 Å². The van der Waals surface area contributed by atoms with Gasteiger partial charge in [-0.15, -0.1) is 11.3 Å². The van der Waals surface area contributed by atoms with Gasteiger partial charge in [-0.3, -0.25) is 0 Å². The van der Waals surface area contributed by atoms with Gasteiger partial charge in [-0.05, 0) is 36.4 Å². The number of anilines is 2. The number of hydrogen-bond acceptors (Lipinski definition) is 5. The maximum absolute atomic E-state index is 11.6. The van der Waals surface area contributed by atoms with Crippen molar-refractivity contribution in [3.05, 3.63) is 40.6 Å². The van der Waals surface area contributed by atoms with Crippen molar-refractivity contribution in [2.24, 2.45) is 5.14 Å². The van der Waals surface area contributed by atoms with Crippen LogP contribution in [-0.4, -0.2) is 14.5 Å². The number of rotatable bonds is 5. The fourth-order valence-electron chi connectivity index (χ4n) is 2.40. The number of nitrogens with two attached hydrogens (primary N) is 2. The maximum Gasteiger partial charge on any atom is 0.240 e. The minimum atomic E-state index is -3.81. The Morgan fingerprint density at radius 1 is 1.24 bits per heavy atom. The van der Waals surface area contributed by atoms with Crippen LogP contribution in [0, 0.1) is 0 Å². The van der Waals surface area contributed by atoms with Crippen LogP contribution in [0.1, 0.15) is 17.7 Å². The lowest BCUT2D eigenvalue weighted by atomic mass is 10.2. The molecular formula is C14H17N3O2S2. The number of nitrogen functional groups attached to an aromatic ring is 1. The second-order valence-electron chi connectivity index (χ2n) is 5.17. The average Bonchev–Trinajstić information content (AvgIpc) is 3.13. The molecule has 1 fully saturated rings. The van der Waals surface area contributed by atoms with Crippen LogP contribution < -0.4 is 15.8 Å². The summed E-state index contributed by atoms with van der Waals surface area (Å²) in [5, 5.41) is 7.26. The topological polar surface area (TPSA) is 89.4 Å². The minimum Gasteiger partial charge on any atom is -0.396 e. The Morgan fingerprint density at radius 2 is 2.00 bits per heavy atom. The van der Waals surface area contributed by atoms with Crippen LogP contribution in [0.25, 0.3) is 0 Å². The third kappa shape index (κ3) is 3.04. The summed E-state index contributed by atoms with van der Waals surface area (Å²) in [6.07, 6.45) is 2.20. The second kappa shape index (κ2) is 5.32. The van der Waals surface area contributed by atoms with Crippen molar-refractivity contribution < 1.29 is 8.42 Å². The van der Waals surface area contributed by atoms with E-state index in [4.69, 9.17) is 10.9 Å². The quantitative estimate of drug-likeness (QED) is 0.825. The van der Waals surface area contributed by atoms with E-state index >= 15 is 0 Å². The largest absolute Gasteiger partial charge is 0.396 e. The first-order valence-electron chi connectivity index (χ1n) is 6.67. The number of benzene rings is 1. The van der Waals surface area contributed by atoms with E-state index in [-0.39, 0.29) is 10.6 Å². The summed E-state index contributed by atoms with van der Waals surface area (Å²) in [7, 11) is -3.81. The summed E-state index contributed by atoms with van der Waals surface area (Å²) in [5.41, 5.74) is 7.05. The molecule has 1 aromatic heterocycles. The molecule has 1 aliphatic rings. The van der Waals surface area contributed by atoms with Crippen LogP contribution in [0.2, 0.25) is 0 Å². The first-order valence-corrected chi connectivity index (χ1v) is 9.10. The van der Waals surface area contributed by atoms with Gasteiger partial charge in [0.2, 0.25) is 10.0 Å². The number of sulfonamides is 1. The van der Waals surface area contributed by atoms with Gasteiger partial charge in [-0.25, -0.2) is 13.6 Å². The van der Waals surface area contributed by atoms with Crippen molar-refractivity contribution in [3.63, 3.8) is 0 Å². The van der Waals surface area contributed by atoms with Crippen LogP contribution in [0.4, 0.5) is 11.4 Å². The van der Waals surface area contributed by atoms with Crippen molar-refractivity contribution in [1.82, 2.24) is 0 Å². The van der Waals surface area contributed by atoms with Crippen molar-refractivity contribution in [1.29, 1.82) is 0 Å². The van der Waals surface area contributed by atoms with E-state index in [1.54, 1.807) is 17.4 Å². The van der Waals surface area contributed by atoms with E-state index in [1.807, 2.05) is 17.5 Å². The molecule has 0 spiro atoms. The van der Waals surface area contributed by atoms with Gasteiger partial charge < -0.3 is 10.6 Å². The van der Waals surface area contributed by atoms with E-state index < -0.39 is 10.0 Å². The summed E-state index contributed by atoms with van der Waals surface area (Å²) >= 11 is 1.68. The van der Waals surface area contributed by atoms with Crippen LogP contribution >= 0.6 is 11.3 Å². The first kappa shape index (κ1) is 14.4. The predicted molar refractivity (Wildman–Crippen MR) is 85.8 cm³/mol. The normalized spacial score (nSPS) is 15.1. The molecule has 112 valence electrons. The molecule has 2 aromatic rings. The van der Waals surface area contributed by atoms with Gasteiger partial charge in [0, 0.05) is 10.9 Å². The summed E-state index contributed by atoms with van der Waals surface area (Å²) in [5.74, 6) is 0. The molecule has 0 aliphatic heterocycles. The molecule has 1 aromatic carbocycles. The highest BCUT2D eigenvalue weighted by molar-refractivity contribution is 7.89. The van der Waals surface area contributed by atoms with Crippen molar-refractivity contribution in [2.75, 3.05) is 10.6 Å². The SMILES string of the molecule is Nc1c(N(Cc2cccs2)C2CC2)cccc1S(N)(=O)=O. The van der Waals surface area contributed by atoms with Gasteiger partial charge in [-0.1, -0.05) is 12.1 Å². The Labute approximate surface area is 128 Å². The number of hydrogen-bond donors (Lipinski definition) is 2.